The van der Waals surface area contributed by atoms with E-state index in [0.29, 0.717) is 6.54 Å². The van der Waals surface area contributed by atoms with Crippen molar-refractivity contribution < 1.29 is 9.90 Å². The maximum atomic E-state index is 11.9. The summed E-state index contributed by atoms with van der Waals surface area (Å²) in [7, 11) is 0. The first kappa shape index (κ1) is 10.7. The predicted molar refractivity (Wildman–Crippen MR) is 56.6 cm³/mol. The lowest BCUT2D eigenvalue weighted by Gasteiger charge is -2.28. The Labute approximate surface area is 90.0 Å². The Hall–Kier alpha value is -0.810. The van der Waals surface area contributed by atoms with Crippen LogP contribution in [0.5, 0.6) is 0 Å². The van der Waals surface area contributed by atoms with E-state index in [1.807, 2.05) is 4.90 Å². The van der Waals surface area contributed by atoms with E-state index in [1.54, 1.807) is 18.7 Å². The van der Waals surface area contributed by atoms with E-state index in [2.05, 4.69) is 5.32 Å². The first-order valence-electron chi connectivity index (χ1n) is 5.46. The first-order chi connectivity index (χ1) is 6.97. The zero-order valence-electron chi connectivity index (χ0n) is 9.36. The molecule has 86 valence electrons. The Morgan fingerprint density at radius 1 is 1.60 bits per heavy atom. The molecule has 2 amide bonds. The van der Waals surface area contributed by atoms with Gasteiger partial charge in [-0.2, -0.15) is 0 Å². The number of amides is 2. The second-order valence-corrected chi connectivity index (χ2v) is 5.03. The van der Waals surface area contributed by atoms with Crippen molar-refractivity contribution in [3.8, 4) is 0 Å². The zero-order valence-corrected chi connectivity index (χ0v) is 9.36. The fraction of sp³-hybridized carbons (Fsp3) is 0.900. The van der Waals surface area contributed by atoms with Crippen LogP contribution in [-0.4, -0.2) is 65.3 Å². The van der Waals surface area contributed by atoms with Crippen LogP contribution in [0.15, 0.2) is 0 Å². The maximum absolute atomic E-state index is 11.9. The summed E-state index contributed by atoms with van der Waals surface area (Å²) in [6, 6.07) is 0.359. The molecule has 0 radical (unpaired) electrons. The molecule has 1 atom stereocenters. The Balaban J connectivity index is 2.01. The number of nitrogens with one attached hydrogen (secondary N) is 1. The number of β-amino-alcohol motifs (C(OH)–C–C–N with tert-alkyl or cyclic N) is 1. The van der Waals surface area contributed by atoms with Crippen LogP contribution in [0.3, 0.4) is 0 Å². The second kappa shape index (κ2) is 3.64. The zero-order chi connectivity index (χ0) is 11.1. The maximum Gasteiger partial charge on any atom is 0.320 e. The molecule has 0 aromatic rings. The molecule has 2 aliphatic heterocycles. The fourth-order valence-electron chi connectivity index (χ4n) is 2.29. The SMILES string of the molecule is CC(C)(O)CN1C[C@@H]2CNCCN2C1=O. The molecule has 2 aliphatic rings. The second-order valence-electron chi connectivity index (χ2n) is 5.03. The van der Waals surface area contributed by atoms with Gasteiger partial charge in [-0.1, -0.05) is 0 Å². The van der Waals surface area contributed by atoms with Gasteiger partial charge in [0, 0.05) is 26.2 Å². The average molecular weight is 213 g/mol. The van der Waals surface area contributed by atoms with Crippen LogP contribution in [0, 0.1) is 0 Å². The van der Waals surface area contributed by atoms with E-state index in [0.717, 1.165) is 26.2 Å². The number of urea groups is 1. The summed E-state index contributed by atoms with van der Waals surface area (Å²) in [5, 5.41) is 13.0. The third-order valence-electron chi connectivity index (χ3n) is 2.88. The summed E-state index contributed by atoms with van der Waals surface area (Å²) < 4.78 is 0. The van der Waals surface area contributed by atoms with E-state index in [9.17, 15) is 9.90 Å². The molecule has 2 N–H and O–H groups in total. The van der Waals surface area contributed by atoms with Crippen LogP contribution >= 0.6 is 0 Å². The van der Waals surface area contributed by atoms with Crippen LogP contribution in [0.25, 0.3) is 0 Å². The summed E-state index contributed by atoms with van der Waals surface area (Å²) in [5.74, 6) is 0. The molecule has 2 rings (SSSR count). The van der Waals surface area contributed by atoms with Crippen molar-refractivity contribution in [1.82, 2.24) is 15.1 Å². The summed E-state index contributed by atoms with van der Waals surface area (Å²) in [5.41, 5.74) is -0.808. The van der Waals surface area contributed by atoms with Gasteiger partial charge in [-0.25, -0.2) is 4.79 Å². The number of piperazine rings is 1. The number of fused-ring (bicyclic) bond motifs is 1. The molecule has 0 aliphatic carbocycles. The highest BCUT2D eigenvalue weighted by Crippen LogP contribution is 2.19. The predicted octanol–water partition coefficient (Wildman–Crippen LogP) is -0.533. The molecule has 2 heterocycles. The smallest absolute Gasteiger partial charge is 0.320 e. The Kier molecular flexibility index (Phi) is 2.60. The minimum atomic E-state index is -0.808. The van der Waals surface area contributed by atoms with Crippen molar-refractivity contribution >= 4 is 6.03 Å². The monoisotopic (exact) mass is 213 g/mol. The van der Waals surface area contributed by atoms with Gasteiger partial charge in [-0.3, -0.25) is 0 Å². The van der Waals surface area contributed by atoms with Crippen molar-refractivity contribution in [2.75, 3.05) is 32.7 Å². The number of aliphatic hydroxyl groups is 1. The molecule has 0 saturated carbocycles. The van der Waals surface area contributed by atoms with Crippen molar-refractivity contribution in [2.45, 2.75) is 25.5 Å². The quantitative estimate of drug-likeness (QED) is 0.648. The lowest BCUT2D eigenvalue weighted by molar-refractivity contribution is 0.0511. The topological polar surface area (TPSA) is 55.8 Å². The molecule has 0 aromatic carbocycles. The van der Waals surface area contributed by atoms with E-state index >= 15 is 0 Å². The van der Waals surface area contributed by atoms with Crippen LogP contribution in [0.1, 0.15) is 13.8 Å². The molecule has 0 spiro atoms. The highest BCUT2D eigenvalue weighted by Gasteiger charge is 2.39. The lowest BCUT2D eigenvalue weighted by atomic mass is 10.1. The molecular weight excluding hydrogens is 194 g/mol. The number of hydrogen-bond acceptors (Lipinski definition) is 3. The van der Waals surface area contributed by atoms with Gasteiger partial charge in [0.05, 0.1) is 18.2 Å². The van der Waals surface area contributed by atoms with Crippen molar-refractivity contribution in [3.05, 3.63) is 0 Å². The Morgan fingerprint density at radius 3 is 2.93 bits per heavy atom. The van der Waals surface area contributed by atoms with E-state index in [1.165, 1.54) is 0 Å². The highest BCUT2D eigenvalue weighted by molar-refractivity contribution is 5.77. The third-order valence-corrected chi connectivity index (χ3v) is 2.88. The minimum absolute atomic E-state index is 0.0728. The van der Waals surface area contributed by atoms with Crippen LogP contribution in [0.4, 0.5) is 4.79 Å². The standard InChI is InChI=1S/C10H19N3O2/c1-10(2,15)7-12-6-8-5-11-3-4-13(8)9(12)14/h8,11,15H,3-7H2,1-2H3/t8-/m0/s1. The lowest BCUT2D eigenvalue weighted by Crippen LogP contribution is -2.50. The van der Waals surface area contributed by atoms with Gasteiger partial charge in [0.15, 0.2) is 0 Å². The number of hydrogen-bond donors (Lipinski definition) is 2. The van der Waals surface area contributed by atoms with Crippen LogP contribution in [0.2, 0.25) is 0 Å². The Bertz CT molecular complexity index is 262. The molecule has 0 aromatic heterocycles. The normalized spacial score (nSPS) is 27.1. The summed E-state index contributed by atoms with van der Waals surface area (Å²) in [4.78, 5) is 15.6. The molecule has 5 heteroatoms. The van der Waals surface area contributed by atoms with E-state index in [-0.39, 0.29) is 12.1 Å². The first-order valence-corrected chi connectivity index (χ1v) is 5.46. The fourth-order valence-corrected chi connectivity index (χ4v) is 2.29. The minimum Gasteiger partial charge on any atom is -0.389 e. The van der Waals surface area contributed by atoms with E-state index < -0.39 is 5.60 Å². The van der Waals surface area contributed by atoms with Gasteiger partial charge >= 0.3 is 6.03 Å². The van der Waals surface area contributed by atoms with Crippen molar-refractivity contribution in [3.63, 3.8) is 0 Å². The third kappa shape index (κ3) is 2.23. The summed E-state index contributed by atoms with van der Waals surface area (Å²) in [6.45, 7) is 7.14. The van der Waals surface area contributed by atoms with E-state index in [4.69, 9.17) is 0 Å². The molecular formula is C10H19N3O2. The molecule has 5 nitrogen and oxygen atoms in total. The van der Waals surface area contributed by atoms with Crippen LogP contribution in [-0.2, 0) is 0 Å². The number of rotatable bonds is 2. The summed E-state index contributed by atoms with van der Waals surface area (Å²) in [6.07, 6.45) is 0. The molecule has 15 heavy (non-hydrogen) atoms. The number of nitrogens with zero attached hydrogens (tertiary/aromatic N) is 2. The van der Waals surface area contributed by atoms with Crippen molar-refractivity contribution in [2.24, 2.45) is 0 Å². The Morgan fingerprint density at radius 2 is 2.33 bits per heavy atom. The van der Waals surface area contributed by atoms with Gasteiger partial charge in [0.25, 0.3) is 0 Å². The van der Waals surface area contributed by atoms with Crippen LogP contribution < -0.4 is 5.32 Å². The molecule has 2 saturated heterocycles. The molecule has 2 fully saturated rings. The average Bonchev–Trinajstić information content (AvgIpc) is 2.42. The van der Waals surface area contributed by atoms with Gasteiger partial charge < -0.3 is 20.2 Å². The van der Waals surface area contributed by atoms with Crippen molar-refractivity contribution in [1.29, 1.82) is 0 Å². The van der Waals surface area contributed by atoms with Gasteiger partial charge in [-0.15, -0.1) is 0 Å². The van der Waals surface area contributed by atoms with Gasteiger partial charge in [0.2, 0.25) is 0 Å². The number of carbonyl (C=O) groups excluding carboxylic acids is 1. The molecule has 0 unspecified atom stereocenters. The summed E-state index contributed by atoms with van der Waals surface area (Å²) >= 11 is 0. The largest absolute Gasteiger partial charge is 0.389 e. The number of carbonyl (C=O) groups is 1. The highest BCUT2D eigenvalue weighted by atomic mass is 16.3. The van der Waals surface area contributed by atoms with Gasteiger partial charge in [-0.05, 0) is 13.8 Å². The van der Waals surface area contributed by atoms with Gasteiger partial charge in [0.1, 0.15) is 0 Å². The molecule has 0 bridgehead atoms.